The van der Waals surface area contributed by atoms with E-state index in [1.807, 2.05) is 6.07 Å². The molecule has 0 aromatic carbocycles. The zero-order chi connectivity index (χ0) is 14.5. The summed E-state index contributed by atoms with van der Waals surface area (Å²) < 4.78 is 0. The van der Waals surface area contributed by atoms with Gasteiger partial charge in [-0.2, -0.15) is 5.26 Å². The molecule has 0 saturated carbocycles. The van der Waals surface area contributed by atoms with E-state index in [2.05, 4.69) is 38.0 Å². The lowest BCUT2D eigenvalue weighted by molar-refractivity contribution is 0.0931. The Morgan fingerprint density at radius 2 is 2.21 bits per heavy atom. The van der Waals surface area contributed by atoms with E-state index < -0.39 is 0 Å². The van der Waals surface area contributed by atoms with Crippen LogP contribution < -0.4 is 5.32 Å². The van der Waals surface area contributed by atoms with Crippen LogP contribution in [0.2, 0.25) is 0 Å². The number of aromatic nitrogens is 1. The molecular formula is C15H21N3O. The van der Waals surface area contributed by atoms with Gasteiger partial charge in [0.15, 0.2) is 0 Å². The van der Waals surface area contributed by atoms with Gasteiger partial charge in [-0.25, -0.2) is 4.98 Å². The van der Waals surface area contributed by atoms with Crippen LogP contribution >= 0.6 is 0 Å². The second-order valence-corrected chi connectivity index (χ2v) is 5.99. The molecule has 0 aliphatic rings. The molecule has 1 aromatic rings. The van der Waals surface area contributed by atoms with Gasteiger partial charge in [0.2, 0.25) is 0 Å². The Kier molecular flexibility index (Phi) is 5.05. The van der Waals surface area contributed by atoms with Gasteiger partial charge in [0.25, 0.3) is 5.91 Å². The Balaban J connectivity index is 2.63. The molecule has 0 bridgehead atoms. The first-order valence-corrected chi connectivity index (χ1v) is 6.48. The fourth-order valence-corrected chi connectivity index (χ4v) is 2.23. The highest BCUT2D eigenvalue weighted by molar-refractivity contribution is 5.94. The minimum Gasteiger partial charge on any atom is -0.352 e. The number of hydrogen-bond acceptors (Lipinski definition) is 3. The average molecular weight is 259 g/mol. The molecule has 1 amide bonds. The van der Waals surface area contributed by atoms with E-state index in [9.17, 15) is 4.79 Å². The highest BCUT2D eigenvalue weighted by Gasteiger charge is 2.20. The second kappa shape index (κ2) is 6.33. The van der Waals surface area contributed by atoms with Gasteiger partial charge in [-0.05, 0) is 29.9 Å². The summed E-state index contributed by atoms with van der Waals surface area (Å²) in [5.41, 5.74) is 0.801. The molecule has 102 valence electrons. The van der Waals surface area contributed by atoms with Gasteiger partial charge in [0.05, 0.1) is 0 Å². The summed E-state index contributed by atoms with van der Waals surface area (Å²) in [7, 11) is 0. The quantitative estimate of drug-likeness (QED) is 0.884. The SMILES string of the molecule is CC(C)CC(C)(C)CNC(=O)c1ccnc(C#N)c1. The van der Waals surface area contributed by atoms with Crippen LogP contribution in [-0.4, -0.2) is 17.4 Å². The summed E-state index contributed by atoms with van der Waals surface area (Å²) in [4.78, 5) is 15.8. The average Bonchev–Trinajstić information content (AvgIpc) is 2.34. The first-order chi connectivity index (χ1) is 8.84. The van der Waals surface area contributed by atoms with Crippen LogP contribution in [0.25, 0.3) is 0 Å². The minimum absolute atomic E-state index is 0.0644. The molecule has 1 N–H and O–H groups in total. The van der Waals surface area contributed by atoms with Gasteiger partial charge in [0.1, 0.15) is 11.8 Å². The van der Waals surface area contributed by atoms with Crippen molar-refractivity contribution in [1.29, 1.82) is 5.26 Å². The maximum Gasteiger partial charge on any atom is 0.251 e. The number of nitrogens with one attached hydrogen (secondary N) is 1. The number of amides is 1. The molecule has 0 aliphatic heterocycles. The Morgan fingerprint density at radius 3 is 2.79 bits per heavy atom. The molecule has 0 saturated heterocycles. The van der Waals surface area contributed by atoms with Crippen molar-refractivity contribution < 1.29 is 4.79 Å². The van der Waals surface area contributed by atoms with Crippen molar-refractivity contribution in [2.24, 2.45) is 11.3 Å². The summed E-state index contributed by atoms with van der Waals surface area (Å²) in [5, 5.41) is 11.7. The van der Waals surface area contributed by atoms with Crippen molar-refractivity contribution in [3.63, 3.8) is 0 Å². The van der Waals surface area contributed by atoms with Gasteiger partial charge in [-0.15, -0.1) is 0 Å². The standard InChI is InChI=1S/C15H21N3O/c1-11(2)8-15(3,4)10-18-14(19)12-5-6-17-13(7-12)9-16/h5-7,11H,8,10H2,1-4H3,(H,18,19). The van der Waals surface area contributed by atoms with Crippen LogP contribution in [0.4, 0.5) is 0 Å². The number of nitrogens with zero attached hydrogens (tertiary/aromatic N) is 2. The van der Waals surface area contributed by atoms with Crippen molar-refractivity contribution in [2.75, 3.05) is 6.54 Å². The zero-order valence-corrected chi connectivity index (χ0v) is 12.0. The summed E-state index contributed by atoms with van der Waals surface area (Å²) >= 11 is 0. The molecule has 0 fully saturated rings. The molecule has 4 nitrogen and oxygen atoms in total. The fourth-order valence-electron chi connectivity index (χ4n) is 2.23. The smallest absolute Gasteiger partial charge is 0.251 e. The number of pyridine rings is 1. The van der Waals surface area contributed by atoms with Gasteiger partial charge in [-0.1, -0.05) is 27.7 Å². The fraction of sp³-hybridized carbons (Fsp3) is 0.533. The molecule has 1 heterocycles. The molecular weight excluding hydrogens is 238 g/mol. The highest BCUT2D eigenvalue weighted by Crippen LogP contribution is 2.24. The van der Waals surface area contributed by atoms with Gasteiger partial charge >= 0.3 is 0 Å². The first kappa shape index (κ1) is 15.2. The van der Waals surface area contributed by atoms with E-state index in [0.717, 1.165) is 6.42 Å². The molecule has 4 heteroatoms. The van der Waals surface area contributed by atoms with Gasteiger partial charge < -0.3 is 5.32 Å². The summed E-state index contributed by atoms with van der Waals surface area (Å²) in [6, 6.07) is 5.05. The molecule has 0 unspecified atom stereocenters. The maximum absolute atomic E-state index is 12.0. The molecule has 1 aromatic heterocycles. The largest absolute Gasteiger partial charge is 0.352 e. The number of hydrogen-bond donors (Lipinski definition) is 1. The lowest BCUT2D eigenvalue weighted by atomic mass is 9.84. The lowest BCUT2D eigenvalue weighted by Crippen LogP contribution is -2.34. The van der Waals surface area contributed by atoms with Crippen LogP contribution in [0, 0.1) is 22.7 Å². The molecule has 19 heavy (non-hydrogen) atoms. The van der Waals surface area contributed by atoms with Crippen molar-refractivity contribution in [2.45, 2.75) is 34.1 Å². The summed E-state index contributed by atoms with van der Waals surface area (Å²) in [5.74, 6) is 0.439. The Bertz CT molecular complexity index is 486. The van der Waals surface area contributed by atoms with Gasteiger partial charge in [0, 0.05) is 18.3 Å². The van der Waals surface area contributed by atoms with E-state index in [-0.39, 0.29) is 17.0 Å². The number of nitriles is 1. The van der Waals surface area contributed by atoms with E-state index in [1.165, 1.54) is 12.3 Å². The molecule has 0 radical (unpaired) electrons. The number of carbonyl (C=O) groups excluding carboxylic acids is 1. The third-order valence-electron chi connectivity index (χ3n) is 2.83. The van der Waals surface area contributed by atoms with Gasteiger partial charge in [-0.3, -0.25) is 4.79 Å². The van der Waals surface area contributed by atoms with Crippen LogP contribution in [0.15, 0.2) is 18.3 Å². The van der Waals surface area contributed by atoms with E-state index >= 15 is 0 Å². The van der Waals surface area contributed by atoms with Crippen LogP contribution in [0.5, 0.6) is 0 Å². The topological polar surface area (TPSA) is 65.8 Å². The van der Waals surface area contributed by atoms with Crippen LogP contribution in [-0.2, 0) is 0 Å². The number of carbonyl (C=O) groups is 1. The summed E-state index contributed by atoms with van der Waals surface area (Å²) in [6.07, 6.45) is 2.53. The van der Waals surface area contributed by atoms with Crippen molar-refractivity contribution >= 4 is 5.91 Å². The van der Waals surface area contributed by atoms with E-state index in [4.69, 9.17) is 5.26 Å². The minimum atomic E-state index is -0.157. The first-order valence-electron chi connectivity index (χ1n) is 6.48. The molecule has 1 rings (SSSR count). The third-order valence-corrected chi connectivity index (χ3v) is 2.83. The van der Waals surface area contributed by atoms with Crippen LogP contribution in [0.1, 0.15) is 50.2 Å². The summed E-state index contributed by atoms with van der Waals surface area (Å²) in [6.45, 7) is 9.24. The molecule has 0 atom stereocenters. The van der Waals surface area contributed by atoms with Crippen molar-refractivity contribution in [1.82, 2.24) is 10.3 Å². The normalized spacial score (nSPS) is 11.2. The predicted molar refractivity (Wildman–Crippen MR) is 74.5 cm³/mol. The van der Waals surface area contributed by atoms with Crippen molar-refractivity contribution in [3.8, 4) is 6.07 Å². The predicted octanol–water partition coefficient (Wildman–Crippen LogP) is 2.76. The number of rotatable bonds is 5. The molecule has 0 spiro atoms. The zero-order valence-electron chi connectivity index (χ0n) is 12.0. The Labute approximate surface area is 114 Å². The van der Waals surface area contributed by atoms with E-state index in [1.54, 1.807) is 6.07 Å². The van der Waals surface area contributed by atoms with Crippen molar-refractivity contribution in [3.05, 3.63) is 29.6 Å². The second-order valence-electron chi connectivity index (χ2n) is 5.99. The van der Waals surface area contributed by atoms with Crippen LogP contribution in [0.3, 0.4) is 0 Å². The highest BCUT2D eigenvalue weighted by atomic mass is 16.1. The Morgan fingerprint density at radius 1 is 1.53 bits per heavy atom. The van der Waals surface area contributed by atoms with E-state index in [0.29, 0.717) is 18.0 Å². The Hall–Kier alpha value is -1.89. The lowest BCUT2D eigenvalue weighted by Gasteiger charge is -2.26. The monoisotopic (exact) mass is 259 g/mol. The third kappa shape index (κ3) is 5.09. The molecule has 0 aliphatic carbocycles. The maximum atomic E-state index is 12.0.